The van der Waals surface area contributed by atoms with Crippen LogP contribution in [0.4, 0.5) is 0 Å². The first-order chi connectivity index (χ1) is 10.9. The molecule has 2 heterocycles. The van der Waals surface area contributed by atoms with Crippen LogP contribution in [-0.4, -0.2) is 48.1 Å². The Morgan fingerprint density at radius 3 is 1.27 bits per heavy atom. The highest BCUT2D eigenvalue weighted by molar-refractivity contribution is 4.89. The van der Waals surface area contributed by atoms with Gasteiger partial charge in [-0.3, -0.25) is 9.80 Å². The van der Waals surface area contributed by atoms with E-state index in [1.807, 2.05) is 0 Å². The van der Waals surface area contributed by atoms with Crippen LogP contribution in [0.3, 0.4) is 0 Å². The van der Waals surface area contributed by atoms with Gasteiger partial charge in [0.25, 0.3) is 0 Å². The Balaban J connectivity index is 2.05. The zero-order chi connectivity index (χ0) is 15.6. The molecule has 2 atom stereocenters. The van der Waals surface area contributed by atoms with Crippen LogP contribution in [-0.2, 0) is 0 Å². The Bertz CT molecular complexity index is 239. The molecule has 2 saturated heterocycles. The first kappa shape index (κ1) is 18.3. The average Bonchev–Trinajstić information content (AvgIpc) is 2.59. The van der Waals surface area contributed by atoms with Crippen molar-refractivity contribution >= 4 is 0 Å². The quantitative estimate of drug-likeness (QED) is 0.586. The van der Waals surface area contributed by atoms with Crippen LogP contribution >= 0.6 is 0 Å². The molecule has 2 unspecified atom stereocenters. The minimum absolute atomic E-state index is 0.838. The lowest BCUT2D eigenvalue weighted by atomic mass is 9.91. The molecule has 0 saturated carbocycles. The number of hydrogen-bond donors (Lipinski definition) is 0. The van der Waals surface area contributed by atoms with Crippen molar-refractivity contribution in [3.05, 3.63) is 0 Å². The van der Waals surface area contributed by atoms with E-state index in [0.29, 0.717) is 0 Å². The van der Waals surface area contributed by atoms with Gasteiger partial charge in [-0.2, -0.15) is 0 Å². The predicted octanol–water partition coefficient (Wildman–Crippen LogP) is 5.08. The van der Waals surface area contributed by atoms with E-state index in [-0.39, 0.29) is 0 Å². The summed E-state index contributed by atoms with van der Waals surface area (Å²) in [7, 11) is 0. The number of nitrogens with zero attached hydrogens (tertiary/aromatic N) is 2. The van der Waals surface area contributed by atoms with Gasteiger partial charge in [0.1, 0.15) is 0 Å². The van der Waals surface area contributed by atoms with Crippen LogP contribution in [0.5, 0.6) is 0 Å². The molecule has 2 rings (SSSR count). The molecular formula is C20H40N2. The number of hydrogen-bond acceptors (Lipinski definition) is 2. The van der Waals surface area contributed by atoms with Crippen LogP contribution in [0.1, 0.15) is 90.9 Å². The number of unbranched alkanes of at least 4 members (excludes halogenated alkanes) is 2. The maximum Gasteiger partial charge on any atom is 0.0251 e. The summed E-state index contributed by atoms with van der Waals surface area (Å²) >= 11 is 0. The first-order valence-corrected chi connectivity index (χ1v) is 10.3. The van der Waals surface area contributed by atoms with Gasteiger partial charge in [0.05, 0.1) is 0 Å². The van der Waals surface area contributed by atoms with Crippen molar-refractivity contribution in [3.63, 3.8) is 0 Å². The van der Waals surface area contributed by atoms with E-state index >= 15 is 0 Å². The molecular weight excluding hydrogens is 268 g/mol. The van der Waals surface area contributed by atoms with Crippen LogP contribution in [0.25, 0.3) is 0 Å². The van der Waals surface area contributed by atoms with Gasteiger partial charge in [-0.05, 0) is 64.7 Å². The second kappa shape index (κ2) is 10.6. The minimum Gasteiger partial charge on any atom is -0.299 e. The van der Waals surface area contributed by atoms with Crippen molar-refractivity contribution in [1.29, 1.82) is 0 Å². The Morgan fingerprint density at radius 1 is 0.591 bits per heavy atom. The van der Waals surface area contributed by atoms with E-state index in [1.165, 1.54) is 103 Å². The molecule has 130 valence electrons. The molecule has 0 bridgehead atoms. The van der Waals surface area contributed by atoms with Crippen LogP contribution in [0.15, 0.2) is 0 Å². The Hall–Kier alpha value is -0.0800. The molecule has 0 aromatic rings. The number of rotatable bonds is 9. The van der Waals surface area contributed by atoms with Gasteiger partial charge in [0.2, 0.25) is 0 Å². The molecule has 0 amide bonds. The van der Waals surface area contributed by atoms with Crippen molar-refractivity contribution in [1.82, 2.24) is 9.80 Å². The first-order valence-electron chi connectivity index (χ1n) is 10.3. The molecule has 0 aromatic heterocycles. The Morgan fingerprint density at radius 2 is 0.955 bits per heavy atom. The van der Waals surface area contributed by atoms with Crippen molar-refractivity contribution in [3.8, 4) is 0 Å². The summed E-state index contributed by atoms with van der Waals surface area (Å²) in [6, 6.07) is 1.68. The van der Waals surface area contributed by atoms with Gasteiger partial charge < -0.3 is 0 Å². The molecule has 2 aliphatic rings. The normalized spacial score (nSPS) is 24.3. The fourth-order valence-electron chi connectivity index (χ4n) is 4.56. The Labute approximate surface area is 139 Å². The van der Waals surface area contributed by atoms with Crippen molar-refractivity contribution in [2.75, 3.05) is 26.2 Å². The molecule has 0 N–H and O–H groups in total. The monoisotopic (exact) mass is 308 g/mol. The van der Waals surface area contributed by atoms with E-state index in [2.05, 4.69) is 23.6 Å². The number of likely N-dealkylation sites (tertiary alicyclic amines) is 2. The van der Waals surface area contributed by atoms with E-state index in [4.69, 9.17) is 0 Å². The van der Waals surface area contributed by atoms with Gasteiger partial charge in [0.15, 0.2) is 0 Å². The lowest BCUT2D eigenvalue weighted by Crippen LogP contribution is -2.54. The molecule has 2 aliphatic heterocycles. The zero-order valence-corrected chi connectivity index (χ0v) is 15.4. The third-order valence-corrected chi connectivity index (χ3v) is 5.87. The smallest absolute Gasteiger partial charge is 0.0251 e. The van der Waals surface area contributed by atoms with Crippen molar-refractivity contribution in [2.45, 2.75) is 103 Å². The second-order valence-electron chi connectivity index (χ2n) is 7.61. The molecule has 2 fully saturated rings. The molecule has 0 radical (unpaired) electrons. The molecule has 0 aliphatic carbocycles. The largest absolute Gasteiger partial charge is 0.299 e. The third-order valence-electron chi connectivity index (χ3n) is 5.87. The molecule has 0 aromatic carbocycles. The van der Waals surface area contributed by atoms with E-state index in [9.17, 15) is 0 Å². The van der Waals surface area contributed by atoms with Crippen LogP contribution < -0.4 is 0 Å². The summed E-state index contributed by atoms with van der Waals surface area (Å²) < 4.78 is 0. The SMILES string of the molecule is CCCCC(C(CCCC)N1CCCCC1)N1CCCCC1. The zero-order valence-electron chi connectivity index (χ0n) is 15.4. The number of piperidine rings is 2. The van der Waals surface area contributed by atoms with Gasteiger partial charge in [-0.15, -0.1) is 0 Å². The lowest BCUT2D eigenvalue weighted by Gasteiger charge is -2.45. The maximum atomic E-state index is 2.88. The van der Waals surface area contributed by atoms with Gasteiger partial charge in [-0.1, -0.05) is 52.4 Å². The fourth-order valence-corrected chi connectivity index (χ4v) is 4.56. The minimum atomic E-state index is 0.838. The van der Waals surface area contributed by atoms with Gasteiger partial charge in [-0.25, -0.2) is 0 Å². The van der Waals surface area contributed by atoms with Gasteiger partial charge >= 0.3 is 0 Å². The van der Waals surface area contributed by atoms with Crippen LogP contribution in [0.2, 0.25) is 0 Å². The van der Waals surface area contributed by atoms with E-state index in [0.717, 1.165) is 12.1 Å². The lowest BCUT2D eigenvalue weighted by molar-refractivity contribution is 0.0423. The highest BCUT2D eigenvalue weighted by Crippen LogP contribution is 2.27. The summed E-state index contributed by atoms with van der Waals surface area (Å²) in [4.78, 5) is 5.77. The summed E-state index contributed by atoms with van der Waals surface area (Å²) in [5.41, 5.74) is 0. The predicted molar refractivity (Wildman–Crippen MR) is 97.5 cm³/mol. The summed E-state index contributed by atoms with van der Waals surface area (Å²) in [6.07, 6.45) is 17.0. The molecule has 0 spiro atoms. The summed E-state index contributed by atoms with van der Waals surface area (Å²) in [6.45, 7) is 10.2. The second-order valence-corrected chi connectivity index (χ2v) is 7.61. The summed E-state index contributed by atoms with van der Waals surface area (Å²) in [5.74, 6) is 0. The van der Waals surface area contributed by atoms with Crippen molar-refractivity contribution < 1.29 is 0 Å². The third kappa shape index (κ3) is 5.53. The molecule has 2 heteroatoms. The van der Waals surface area contributed by atoms with Crippen molar-refractivity contribution in [2.24, 2.45) is 0 Å². The van der Waals surface area contributed by atoms with E-state index in [1.54, 1.807) is 0 Å². The topological polar surface area (TPSA) is 6.48 Å². The van der Waals surface area contributed by atoms with E-state index < -0.39 is 0 Å². The average molecular weight is 309 g/mol. The molecule has 2 nitrogen and oxygen atoms in total. The standard InChI is InChI=1S/C20H40N2/c1-3-5-13-19(21-15-9-7-10-16-21)20(14-6-4-2)22-17-11-8-12-18-22/h19-20H,3-18H2,1-2H3. The van der Waals surface area contributed by atoms with Gasteiger partial charge in [0, 0.05) is 12.1 Å². The highest BCUT2D eigenvalue weighted by Gasteiger charge is 2.32. The highest BCUT2D eigenvalue weighted by atomic mass is 15.2. The maximum absolute atomic E-state index is 2.88. The summed E-state index contributed by atoms with van der Waals surface area (Å²) in [5, 5.41) is 0. The fraction of sp³-hybridized carbons (Fsp3) is 1.00. The van der Waals surface area contributed by atoms with Crippen LogP contribution in [0, 0.1) is 0 Å². The Kier molecular flexibility index (Phi) is 8.84. The molecule has 22 heavy (non-hydrogen) atoms.